The van der Waals surface area contributed by atoms with E-state index in [-0.39, 0.29) is 18.4 Å². The van der Waals surface area contributed by atoms with Crippen LogP contribution in [0.1, 0.15) is 50.0 Å². The summed E-state index contributed by atoms with van der Waals surface area (Å²) in [6.45, 7) is 1.71. The maximum atomic E-state index is 13.3. The summed E-state index contributed by atoms with van der Waals surface area (Å²) in [5, 5.41) is 0. The molecule has 0 N–H and O–H groups in total. The Kier molecular flexibility index (Phi) is 8.76. The van der Waals surface area contributed by atoms with E-state index in [9.17, 15) is 9.59 Å². The highest BCUT2D eigenvalue weighted by atomic mass is 16.5. The summed E-state index contributed by atoms with van der Waals surface area (Å²) in [6, 6.07) is 7.64. The summed E-state index contributed by atoms with van der Waals surface area (Å²) in [6.07, 6.45) is 9.96. The summed E-state index contributed by atoms with van der Waals surface area (Å²) in [4.78, 5) is 29.6. The van der Waals surface area contributed by atoms with Gasteiger partial charge in [-0.3, -0.25) is 9.59 Å². The summed E-state index contributed by atoms with van der Waals surface area (Å²) < 4.78 is 12.7. The lowest BCUT2D eigenvalue weighted by atomic mass is 10.0. The van der Waals surface area contributed by atoms with Crippen LogP contribution in [-0.2, 0) is 34.5 Å². The number of aromatic nitrogens is 1. The van der Waals surface area contributed by atoms with Crippen LogP contribution in [-0.4, -0.2) is 53.0 Å². The molecule has 0 unspecified atom stereocenters. The van der Waals surface area contributed by atoms with E-state index in [2.05, 4.69) is 0 Å². The summed E-state index contributed by atoms with van der Waals surface area (Å²) >= 11 is 0. The van der Waals surface area contributed by atoms with Gasteiger partial charge in [-0.1, -0.05) is 25.7 Å². The zero-order valence-electron chi connectivity index (χ0n) is 18.8. The second kappa shape index (κ2) is 11.7. The van der Waals surface area contributed by atoms with Crippen LogP contribution in [0.15, 0.2) is 41.1 Å². The lowest BCUT2D eigenvalue weighted by molar-refractivity contribution is -0.142. The number of carbonyl (C=O) groups excluding carboxylic acids is 2. The molecular formula is C24H35N3O4. The molecule has 3 rings (SSSR count). The van der Waals surface area contributed by atoms with E-state index in [0.29, 0.717) is 38.6 Å². The fraction of sp³-hybridized carbons (Fsp3) is 0.583. The van der Waals surface area contributed by atoms with E-state index in [1.54, 1.807) is 23.2 Å². The summed E-state index contributed by atoms with van der Waals surface area (Å²) in [5.74, 6) is 1.31. The van der Waals surface area contributed by atoms with Gasteiger partial charge in [0.2, 0.25) is 11.8 Å². The molecule has 0 bridgehead atoms. The van der Waals surface area contributed by atoms with Gasteiger partial charge in [-0.25, -0.2) is 0 Å². The van der Waals surface area contributed by atoms with Crippen molar-refractivity contribution in [2.75, 3.05) is 26.8 Å². The van der Waals surface area contributed by atoms with Crippen LogP contribution in [0.3, 0.4) is 0 Å². The average Bonchev–Trinajstić information content (AvgIpc) is 3.53. The van der Waals surface area contributed by atoms with Crippen molar-refractivity contribution in [3.05, 3.63) is 48.2 Å². The molecule has 7 nitrogen and oxygen atoms in total. The van der Waals surface area contributed by atoms with Gasteiger partial charge in [0.1, 0.15) is 5.76 Å². The first-order valence-corrected chi connectivity index (χ1v) is 11.2. The molecule has 0 spiro atoms. The van der Waals surface area contributed by atoms with Gasteiger partial charge in [0.15, 0.2) is 0 Å². The molecule has 0 radical (unpaired) electrons. The van der Waals surface area contributed by atoms with Gasteiger partial charge in [-0.2, -0.15) is 0 Å². The molecule has 1 fully saturated rings. The van der Waals surface area contributed by atoms with Gasteiger partial charge < -0.3 is 23.5 Å². The Hall–Kier alpha value is -2.54. The first kappa shape index (κ1) is 23.1. The third-order valence-electron chi connectivity index (χ3n) is 6.17. The highest BCUT2D eigenvalue weighted by Crippen LogP contribution is 2.28. The third-order valence-corrected chi connectivity index (χ3v) is 6.17. The molecule has 31 heavy (non-hydrogen) atoms. The highest BCUT2D eigenvalue weighted by Gasteiger charge is 2.24. The Morgan fingerprint density at radius 2 is 1.94 bits per heavy atom. The molecular weight excluding hydrogens is 394 g/mol. The largest absolute Gasteiger partial charge is 0.467 e. The van der Waals surface area contributed by atoms with Gasteiger partial charge in [0, 0.05) is 39.0 Å². The number of amides is 2. The van der Waals surface area contributed by atoms with Crippen molar-refractivity contribution < 1.29 is 18.7 Å². The predicted molar refractivity (Wildman–Crippen MR) is 118 cm³/mol. The number of carbonyl (C=O) groups is 2. The van der Waals surface area contributed by atoms with E-state index >= 15 is 0 Å². The number of rotatable bonds is 12. The number of hydrogen-bond donors (Lipinski definition) is 0. The number of nitrogens with zero attached hydrogens (tertiary/aromatic N) is 3. The SMILES string of the molecule is COCCN(CC(=O)N(Cc1ccco1)Cc1cccn1C)C(=O)CCC1CCCC1. The molecule has 0 aliphatic heterocycles. The maximum Gasteiger partial charge on any atom is 0.242 e. The minimum atomic E-state index is -0.0945. The number of ether oxygens (including phenoxy) is 1. The van der Waals surface area contributed by atoms with Crippen molar-refractivity contribution in [2.45, 2.75) is 51.6 Å². The van der Waals surface area contributed by atoms with Gasteiger partial charge in [0.05, 0.1) is 32.5 Å². The Balaban J connectivity index is 1.65. The second-order valence-electron chi connectivity index (χ2n) is 8.44. The van der Waals surface area contributed by atoms with Crippen molar-refractivity contribution in [3.8, 4) is 0 Å². The van der Waals surface area contributed by atoms with Crippen LogP contribution in [0, 0.1) is 5.92 Å². The van der Waals surface area contributed by atoms with Gasteiger partial charge in [-0.15, -0.1) is 0 Å². The van der Waals surface area contributed by atoms with E-state index < -0.39 is 0 Å². The Labute approximate surface area is 184 Å². The average molecular weight is 430 g/mol. The topological polar surface area (TPSA) is 67.9 Å². The van der Waals surface area contributed by atoms with Crippen LogP contribution in [0.25, 0.3) is 0 Å². The van der Waals surface area contributed by atoms with E-state index in [1.807, 2.05) is 42.1 Å². The molecule has 170 valence electrons. The Morgan fingerprint density at radius 1 is 1.13 bits per heavy atom. The minimum absolute atomic E-state index is 0.0362. The molecule has 2 heterocycles. The normalized spacial score (nSPS) is 14.1. The van der Waals surface area contributed by atoms with Crippen molar-refractivity contribution in [1.82, 2.24) is 14.4 Å². The van der Waals surface area contributed by atoms with Crippen molar-refractivity contribution >= 4 is 11.8 Å². The first-order chi connectivity index (χ1) is 15.1. The predicted octanol–water partition coefficient (Wildman–Crippen LogP) is 3.59. The van der Waals surface area contributed by atoms with Crippen molar-refractivity contribution in [2.24, 2.45) is 13.0 Å². The molecule has 2 aromatic heterocycles. The zero-order valence-corrected chi connectivity index (χ0v) is 18.8. The summed E-state index contributed by atoms with van der Waals surface area (Å²) in [5.41, 5.74) is 1.02. The molecule has 1 saturated carbocycles. The van der Waals surface area contributed by atoms with Crippen LogP contribution in [0.5, 0.6) is 0 Å². The standard InChI is InChI=1S/C24H35N3O4/c1-25-13-5-9-21(25)17-27(18-22-10-6-15-31-22)24(29)19-26(14-16-30-2)23(28)12-11-20-7-3-4-8-20/h5-6,9-10,13,15,20H,3-4,7-8,11-12,14,16-19H2,1-2H3. The highest BCUT2D eigenvalue weighted by molar-refractivity contribution is 5.84. The zero-order chi connectivity index (χ0) is 22.1. The number of furan rings is 1. The fourth-order valence-electron chi connectivity index (χ4n) is 4.22. The second-order valence-corrected chi connectivity index (χ2v) is 8.44. The number of methoxy groups -OCH3 is 1. The molecule has 7 heteroatoms. The lowest BCUT2D eigenvalue weighted by Gasteiger charge is -2.27. The summed E-state index contributed by atoms with van der Waals surface area (Å²) in [7, 11) is 3.57. The maximum absolute atomic E-state index is 13.3. The fourth-order valence-corrected chi connectivity index (χ4v) is 4.22. The molecule has 0 atom stereocenters. The van der Waals surface area contributed by atoms with Crippen molar-refractivity contribution in [1.29, 1.82) is 0 Å². The van der Waals surface area contributed by atoms with Crippen LogP contribution in [0.2, 0.25) is 0 Å². The van der Waals surface area contributed by atoms with Crippen LogP contribution in [0.4, 0.5) is 0 Å². The third kappa shape index (κ3) is 6.99. The lowest BCUT2D eigenvalue weighted by Crippen LogP contribution is -2.43. The Morgan fingerprint density at radius 3 is 2.58 bits per heavy atom. The smallest absolute Gasteiger partial charge is 0.242 e. The quantitative estimate of drug-likeness (QED) is 0.517. The van der Waals surface area contributed by atoms with Crippen LogP contribution >= 0.6 is 0 Å². The first-order valence-electron chi connectivity index (χ1n) is 11.2. The van der Waals surface area contributed by atoms with Gasteiger partial charge in [0.25, 0.3) is 0 Å². The molecule has 1 aliphatic rings. The van der Waals surface area contributed by atoms with E-state index in [4.69, 9.17) is 9.15 Å². The van der Waals surface area contributed by atoms with Crippen molar-refractivity contribution in [3.63, 3.8) is 0 Å². The van der Waals surface area contributed by atoms with E-state index in [0.717, 1.165) is 17.9 Å². The molecule has 2 aromatic rings. The number of hydrogen-bond acceptors (Lipinski definition) is 4. The van der Waals surface area contributed by atoms with Gasteiger partial charge in [-0.05, 0) is 36.6 Å². The van der Waals surface area contributed by atoms with E-state index in [1.165, 1.54) is 25.7 Å². The molecule has 2 amide bonds. The van der Waals surface area contributed by atoms with Crippen LogP contribution < -0.4 is 0 Å². The monoisotopic (exact) mass is 429 g/mol. The Bertz CT molecular complexity index is 809. The van der Waals surface area contributed by atoms with Gasteiger partial charge >= 0.3 is 0 Å². The number of aryl methyl sites for hydroxylation is 1. The molecule has 0 saturated heterocycles. The minimum Gasteiger partial charge on any atom is -0.467 e. The molecule has 0 aromatic carbocycles. The molecule has 1 aliphatic carbocycles.